The number of aliphatic hydroxyl groups is 1. The number of benzene rings is 2. The van der Waals surface area contributed by atoms with Crippen molar-refractivity contribution in [3.05, 3.63) is 124 Å². The van der Waals surface area contributed by atoms with E-state index in [4.69, 9.17) is 23.2 Å². The molecule has 0 amide bonds. The number of pyridine rings is 3. The number of hydrogen-bond acceptors (Lipinski definition) is 4. The highest BCUT2D eigenvalue weighted by molar-refractivity contribution is 6.42. The van der Waals surface area contributed by atoms with Crippen molar-refractivity contribution >= 4 is 34.1 Å². The van der Waals surface area contributed by atoms with Crippen LogP contribution in [-0.2, 0) is 5.60 Å². The Morgan fingerprint density at radius 3 is 1.97 bits per heavy atom. The summed E-state index contributed by atoms with van der Waals surface area (Å²) >= 11 is 13.4. The molecule has 0 saturated carbocycles. The van der Waals surface area contributed by atoms with Crippen LogP contribution in [0.2, 0.25) is 10.2 Å². The Balaban J connectivity index is 1.78. The molecule has 0 unspecified atom stereocenters. The molecule has 156 valence electrons. The van der Waals surface area contributed by atoms with E-state index in [-0.39, 0.29) is 0 Å². The summed E-state index contributed by atoms with van der Waals surface area (Å²) in [5, 5.41) is 13.5. The fraction of sp³-hybridized carbons (Fsp3) is 0.0385. The molecule has 0 atom stereocenters. The van der Waals surface area contributed by atoms with Crippen molar-refractivity contribution in [2.24, 2.45) is 0 Å². The Morgan fingerprint density at radius 2 is 1.38 bits per heavy atom. The van der Waals surface area contributed by atoms with E-state index < -0.39 is 5.60 Å². The van der Waals surface area contributed by atoms with E-state index in [1.807, 2.05) is 60.7 Å². The van der Waals surface area contributed by atoms with Crippen molar-refractivity contribution in [1.82, 2.24) is 15.0 Å². The molecule has 6 heteroatoms. The summed E-state index contributed by atoms with van der Waals surface area (Å²) in [6.07, 6.45) is 6.63. The van der Waals surface area contributed by atoms with Gasteiger partial charge < -0.3 is 5.11 Å². The van der Waals surface area contributed by atoms with Crippen molar-refractivity contribution in [1.29, 1.82) is 0 Å². The minimum atomic E-state index is -1.48. The average molecular weight is 458 g/mol. The van der Waals surface area contributed by atoms with Crippen molar-refractivity contribution < 1.29 is 5.11 Å². The van der Waals surface area contributed by atoms with Gasteiger partial charge in [-0.05, 0) is 35.4 Å². The van der Waals surface area contributed by atoms with Crippen molar-refractivity contribution in [3.8, 4) is 11.1 Å². The Kier molecular flexibility index (Phi) is 5.35. The first kappa shape index (κ1) is 20.6. The van der Waals surface area contributed by atoms with Crippen LogP contribution in [0, 0.1) is 0 Å². The van der Waals surface area contributed by atoms with Crippen LogP contribution >= 0.6 is 23.2 Å². The van der Waals surface area contributed by atoms with Gasteiger partial charge in [-0.15, -0.1) is 0 Å². The summed E-state index contributed by atoms with van der Waals surface area (Å²) in [6.45, 7) is 0. The summed E-state index contributed by atoms with van der Waals surface area (Å²) < 4.78 is 0. The Hall–Kier alpha value is -3.31. The highest BCUT2D eigenvalue weighted by Crippen LogP contribution is 2.42. The Labute approximate surface area is 195 Å². The fourth-order valence-corrected chi connectivity index (χ4v) is 4.62. The van der Waals surface area contributed by atoms with Gasteiger partial charge in [-0.3, -0.25) is 9.97 Å². The Morgan fingerprint density at radius 1 is 0.719 bits per heavy atom. The molecule has 0 aliphatic carbocycles. The van der Waals surface area contributed by atoms with Gasteiger partial charge in [-0.2, -0.15) is 0 Å². The molecule has 3 heterocycles. The second kappa shape index (κ2) is 8.32. The smallest absolute Gasteiger partial charge is 0.143 e. The molecule has 0 bridgehead atoms. The number of aromatic nitrogens is 3. The quantitative estimate of drug-likeness (QED) is 0.322. The number of hydrogen-bond donors (Lipinski definition) is 1. The average Bonchev–Trinajstić information content (AvgIpc) is 2.85. The molecule has 0 spiro atoms. The standard InChI is InChI=1S/C26H17Cl2N3O/c27-24-21-14-18(10-11-22(21)31-25(28)23(24)17-6-2-1-3-7-17)26(32,19-8-4-12-29-15-19)20-9-5-13-30-16-20/h1-16,32H. The van der Waals surface area contributed by atoms with Crippen molar-refractivity contribution in [3.63, 3.8) is 0 Å². The van der Waals surface area contributed by atoms with Gasteiger partial charge in [-0.25, -0.2) is 4.98 Å². The van der Waals surface area contributed by atoms with E-state index in [2.05, 4.69) is 15.0 Å². The number of rotatable bonds is 4. The van der Waals surface area contributed by atoms with E-state index >= 15 is 0 Å². The third-order valence-corrected chi connectivity index (χ3v) is 6.18. The monoisotopic (exact) mass is 457 g/mol. The second-order valence-electron chi connectivity index (χ2n) is 7.38. The van der Waals surface area contributed by atoms with E-state index in [0.29, 0.717) is 43.3 Å². The number of nitrogens with zero attached hydrogens (tertiary/aromatic N) is 3. The molecule has 0 radical (unpaired) electrons. The third kappa shape index (κ3) is 3.43. The second-order valence-corrected chi connectivity index (χ2v) is 8.12. The minimum absolute atomic E-state index is 0.330. The van der Waals surface area contributed by atoms with E-state index in [0.717, 1.165) is 5.56 Å². The summed E-state index contributed by atoms with van der Waals surface area (Å²) in [6, 6.07) is 22.4. The van der Waals surface area contributed by atoms with Crippen LogP contribution in [0.3, 0.4) is 0 Å². The molecule has 3 aromatic heterocycles. The zero-order valence-electron chi connectivity index (χ0n) is 16.8. The van der Waals surface area contributed by atoms with Crippen LogP contribution in [0.15, 0.2) is 97.6 Å². The van der Waals surface area contributed by atoms with Crippen LogP contribution < -0.4 is 0 Å². The maximum absolute atomic E-state index is 12.0. The van der Waals surface area contributed by atoms with Gasteiger partial charge in [0.1, 0.15) is 10.8 Å². The van der Waals surface area contributed by atoms with Gasteiger partial charge in [-0.1, -0.05) is 71.7 Å². The molecule has 0 fully saturated rings. The van der Waals surface area contributed by atoms with Gasteiger partial charge in [0.2, 0.25) is 0 Å². The fourth-order valence-electron chi connectivity index (χ4n) is 3.93. The van der Waals surface area contributed by atoms with Crippen LogP contribution in [0.5, 0.6) is 0 Å². The molecule has 1 N–H and O–H groups in total. The molecule has 5 aromatic rings. The summed E-state index contributed by atoms with van der Waals surface area (Å²) in [5.74, 6) is 0. The van der Waals surface area contributed by atoms with E-state index in [1.54, 1.807) is 36.9 Å². The first-order valence-corrected chi connectivity index (χ1v) is 10.7. The molecule has 0 aliphatic heterocycles. The predicted octanol–water partition coefficient (Wildman–Crippen LogP) is 6.28. The highest BCUT2D eigenvalue weighted by Gasteiger charge is 2.35. The lowest BCUT2D eigenvalue weighted by Gasteiger charge is -2.29. The summed E-state index contributed by atoms with van der Waals surface area (Å²) in [4.78, 5) is 13.0. The predicted molar refractivity (Wildman–Crippen MR) is 128 cm³/mol. The van der Waals surface area contributed by atoms with Crippen molar-refractivity contribution in [2.45, 2.75) is 5.60 Å². The SMILES string of the molecule is OC(c1cccnc1)(c1cccnc1)c1ccc2nc(Cl)c(-c3ccccc3)c(Cl)c2c1. The lowest BCUT2D eigenvalue weighted by Crippen LogP contribution is -2.29. The summed E-state index contributed by atoms with van der Waals surface area (Å²) in [5.41, 5.74) is 2.55. The van der Waals surface area contributed by atoms with Crippen molar-refractivity contribution in [2.75, 3.05) is 0 Å². The zero-order chi connectivity index (χ0) is 22.1. The number of halogens is 2. The molecule has 4 nitrogen and oxygen atoms in total. The highest BCUT2D eigenvalue weighted by atomic mass is 35.5. The minimum Gasteiger partial charge on any atom is -0.376 e. The first-order chi connectivity index (χ1) is 15.6. The van der Waals surface area contributed by atoms with Crippen LogP contribution in [-0.4, -0.2) is 20.1 Å². The first-order valence-electron chi connectivity index (χ1n) is 9.97. The molecule has 2 aromatic carbocycles. The molecule has 5 rings (SSSR count). The van der Waals surface area contributed by atoms with Gasteiger partial charge in [0, 0.05) is 46.9 Å². The van der Waals surface area contributed by atoms with Gasteiger partial charge >= 0.3 is 0 Å². The maximum atomic E-state index is 12.0. The third-order valence-electron chi connectivity index (χ3n) is 5.52. The molecular formula is C26H17Cl2N3O. The lowest BCUT2D eigenvalue weighted by molar-refractivity contribution is 0.125. The zero-order valence-corrected chi connectivity index (χ0v) is 18.3. The largest absolute Gasteiger partial charge is 0.376 e. The summed E-state index contributed by atoms with van der Waals surface area (Å²) in [7, 11) is 0. The van der Waals surface area contributed by atoms with Crippen LogP contribution in [0.25, 0.3) is 22.0 Å². The van der Waals surface area contributed by atoms with Gasteiger partial charge in [0.25, 0.3) is 0 Å². The molecule has 0 saturated heterocycles. The molecular weight excluding hydrogens is 441 g/mol. The van der Waals surface area contributed by atoms with Crippen LogP contribution in [0.4, 0.5) is 0 Å². The lowest BCUT2D eigenvalue weighted by atomic mass is 9.81. The van der Waals surface area contributed by atoms with E-state index in [1.165, 1.54) is 0 Å². The molecule has 32 heavy (non-hydrogen) atoms. The maximum Gasteiger partial charge on any atom is 0.143 e. The van der Waals surface area contributed by atoms with Crippen LogP contribution in [0.1, 0.15) is 16.7 Å². The number of fused-ring (bicyclic) bond motifs is 1. The van der Waals surface area contributed by atoms with E-state index in [9.17, 15) is 5.11 Å². The molecule has 0 aliphatic rings. The normalized spacial score (nSPS) is 11.6. The Bertz CT molecular complexity index is 1360. The topological polar surface area (TPSA) is 58.9 Å². The van der Waals surface area contributed by atoms with Gasteiger partial charge in [0.05, 0.1) is 10.5 Å². The van der Waals surface area contributed by atoms with Gasteiger partial charge in [0.15, 0.2) is 0 Å².